The Morgan fingerprint density at radius 2 is 1.77 bits per heavy atom. The summed E-state index contributed by atoms with van der Waals surface area (Å²) in [5.74, 6) is -1.27. The number of carbonyl (C=O) groups excluding carboxylic acids is 2. The van der Waals surface area contributed by atoms with Gasteiger partial charge in [0.2, 0.25) is 0 Å². The molecule has 0 atom stereocenters. The van der Waals surface area contributed by atoms with Crippen molar-refractivity contribution in [2.75, 3.05) is 5.32 Å². The Kier molecular flexibility index (Phi) is 5.24. The zero-order chi connectivity index (χ0) is 18.7. The van der Waals surface area contributed by atoms with Gasteiger partial charge in [0, 0.05) is 23.5 Å². The maximum atomic E-state index is 12.6. The average molecular weight is 367 g/mol. The monoisotopic (exact) mass is 366 g/mol. The number of halogens is 1. The number of carbonyl (C=O) groups is 2. The standard InChI is InChI=1S/C21H19ClN2O2/c1-14-5-8-16(9-6-14)13-24-11-3-4-19(24)20(25)21(26)23-17-10-7-15(2)18(22)12-17/h3-12H,13H2,1-2H3,(H,23,26). The number of aryl methyl sites for hydroxylation is 2. The summed E-state index contributed by atoms with van der Waals surface area (Å²) < 4.78 is 1.77. The Morgan fingerprint density at radius 1 is 1.04 bits per heavy atom. The molecule has 0 unspecified atom stereocenters. The van der Waals surface area contributed by atoms with Crippen LogP contribution in [0.1, 0.15) is 27.2 Å². The molecule has 26 heavy (non-hydrogen) atoms. The molecule has 0 aliphatic carbocycles. The molecule has 0 aliphatic rings. The smallest absolute Gasteiger partial charge is 0.298 e. The van der Waals surface area contributed by atoms with Crippen LogP contribution in [0.4, 0.5) is 5.69 Å². The molecule has 2 aromatic carbocycles. The van der Waals surface area contributed by atoms with E-state index in [1.165, 1.54) is 5.56 Å². The lowest BCUT2D eigenvalue weighted by molar-refractivity contribution is -0.112. The molecule has 0 spiro atoms. The first kappa shape index (κ1) is 18.0. The first-order chi connectivity index (χ1) is 12.4. The first-order valence-corrected chi connectivity index (χ1v) is 8.64. The van der Waals surface area contributed by atoms with Crippen LogP contribution in [0, 0.1) is 13.8 Å². The van der Waals surface area contributed by atoms with Crippen LogP contribution < -0.4 is 5.32 Å². The molecular weight excluding hydrogens is 348 g/mol. The van der Waals surface area contributed by atoms with E-state index < -0.39 is 11.7 Å². The minimum atomic E-state index is -0.686. The summed E-state index contributed by atoms with van der Waals surface area (Å²) in [6.45, 7) is 4.42. The highest BCUT2D eigenvalue weighted by molar-refractivity contribution is 6.46. The van der Waals surface area contributed by atoms with Crippen molar-refractivity contribution in [1.82, 2.24) is 4.57 Å². The minimum Gasteiger partial charge on any atom is -0.340 e. The van der Waals surface area contributed by atoms with Gasteiger partial charge in [-0.15, -0.1) is 0 Å². The van der Waals surface area contributed by atoms with Crippen molar-refractivity contribution in [3.8, 4) is 0 Å². The fourth-order valence-corrected chi connectivity index (χ4v) is 2.80. The summed E-state index contributed by atoms with van der Waals surface area (Å²) in [6.07, 6.45) is 1.79. The number of benzene rings is 2. The van der Waals surface area contributed by atoms with Crippen LogP contribution in [0.5, 0.6) is 0 Å². The predicted molar refractivity (Wildman–Crippen MR) is 104 cm³/mol. The molecule has 0 saturated carbocycles. The van der Waals surface area contributed by atoms with Gasteiger partial charge in [0.05, 0.1) is 5.69 Å². The van der Waals surface area contributed by atoms with Gasteiger partial charge >= 0.3 is 0 Å². The highest BCUT2D eigenvalue weighted by Crippen LogP contribution is 2.20. The molecular formula is C21H19ClN2O2. The molecule has 0 aliphatic heterocycles. The number of ketones is 1. The molecule has 3 rings (SSSR count). The van der Waals surface area contributed by atoms with E-state index in [2.05, 4.69) is 5.32 Å². The maximum absolute atomic E-state index is 12.6. The van der Waals surface area contributed by atoms with Crippen LogP contribution >= 0.6 is 11.6 Å². The summed E-state index contributed by atoms with van der Waals surface area (Å²) in [5.41, 5.74) is 3.99. The Hall–Kier alpha value is -2.85. The van der Waals surface area contributed by atoms with E-state index in [0.717, 1.165) is 11.1 Å². The van der Waals surface area contributed by atoms with E-state index in [1.807, 2.05) is 38.1 Å². The van der Waals surface area contributed by atoms with Crippen molar-refractivity contribution >= 4 is 29.0 Å². The van der Waals surface area contributed by atoms with Gasteiger partial charge in [0.15, 0.2) is 0 Å². The van der Waals surface area contributed by atoms with E-state index >= 15 is 0 Å². The number of nitrogens with one attached hydrogen (secondary N) is 1. The molecule has 1 aromatic heterocycles. The first-order valence-electron chi connectivity index (χ1n) is 8.26. The summed E-state index contributed by atoms with van der Waals surface area (Å²) >= 11 is 6.06. The molecule has 1 N–H and O–H groups in total. The third-order valence-electron chi connectivity index (χ3n) is 4.17. The summed E-state index contributed by atoms with van der Waals surface area (Å²) in [6, 6.07) is 16.6. The number of hydrogen-bond donors (Lipinski definition) is 1. The Bertz CT molecular complexity index is 958. The second kappa shape index (κ2) is 7.58. The minimum absolute atomic E-state index is 0.348. The molecule has 3 aromatic rings. The predicted octanol–water partition coefficient (Wildman–Crippen LogP) is 4.63. The summed E-state index contributed by atoms with van der Waals surface area (Å²) in [7, 11) is 0. The van der Waals surface area contributed by atoms with E-state index in [-0.39, 0.29) is 0 Å². The van der Waals surface area contributed by atoms with Crippen LogP contribution in [0.25, 0.3) is 0 Å². The van der Waals surface area contributed by atoms with Gasteiger partial charge in [0.1, 0.15) is 0 Å². The average Bonchev–Trinajstić information content (AvgIpc) is 3.07. The number of amides is 1. The lowest BCUT2D eigenvalue weighted by Crippen LogP contribution is -2.25. The fraction of sp³-hybridized carbons (Fsp3) is 0.143. The second-order valence-electron chi connectivity index (χ2n) is 6.25. The van der Waals surface area contributed by atoms with Gasteiger partial charge in [-0.3, -0.25) is 9.59 Å². The molecule has 4 nitrogen and oxygen atoms in total. The van der Waals surface area contributed by atoms with E-state index in [9.17, 15) is 9.59 Å². The number of aromatic nitrogens is 1. The quantitative estimate of drug-likeness (QED) is 0.528. The maximum Gasteiger partial charge on any atom is 0.298 e. The molecule has 0 fully saturated rings. The number of Topliss-reactive ketones (excluding diaryl/α,β-unsaturated/α-hetero) is 1. The third kappa shape index (κ3) is 4.03. The van der Waals surface area contributed by atoms with Crippen LogP contribution in [0.3, 0.4) is 0 Å². The van der Waals surface area contributed by atoms with Crippen LogP contribution in [-0.4, -0.2) is 16.3 Å². The summed E-state index contributed by atoms with van der Waals surface area (Å²) in [4.78, 5) is 24.9. The fourth-order valence-electron chi connectivity index (χ4n) is 2.62. The SMILES string of the molecule is Cc1ccc(Cn2cccc2C(=O)C(=O)Nc2ccc(C)c(Cl)c2)cc1. The Morgan fingerprint density at radius 3 is 2.46 bits per heavy atom. The zero-order valence-corrected chi connectivity index (χ0v) is 15.4. The van der Waals surface area contributed by atoms with Gasteiger partial charge in [-0.25, -0.2) is 0 Å². The number of anilines is 1. The van der Waals surface area contributed by atoms with E-state index in [4.69, 9.17) is 11.6 Å². The number of nitrogens with zero attached hydrogens (tertiary/aromatic N) is 1. The van der Waals surface area contributed by atoms with Crippen LogP contribution in [0.15, 0.2) is 60.8 Å². The number of rotatable bonds is 5. The van der Waals surface area contributed by atoms with Gasteiger partial charge in [-0.1, -0.05) is 47.5 Å². The Balaban J connectivity index is 1.75. The number of hydrogen-bond acceptors (Lipinski definition) is 2. The summed E-state index contributed by atoms with van der Waals surface area (Å²) in [5, 5.41) is 3.15. The third-order valence-corrected chi connectivity index (χ3v) is 4.58. The lowest BCUT2D eigenvalue weighted by atomic mass is 10.1. The molecule has 5 heteroatoms. The van der Waals surface area contributed by atoms with E-state index in [0.29, 0.717) is 22.9 Å². The molecule has 132 valence electrons. The van der Waals surface area contributed by atoms with Crippen molar-refractivity contribution < 1.29 is 9.59 Å². The zero-order valence-electron chi connectivity index (χ0n) is 14.6. The largest absolute Gasteiger partial charge is 0.340 e. The Labute approximate surface area is 157 Å². The van der Waals surface area contributed by atoms with Gasteiger partial charge in [-0.2, -0.15) is 0 Å². The van der Waals surface area contributed by atoms with Crippen molar-refractivity contribution in [3.63, 3.8) is 0 Å². The topological polar surface area (TPSA) is 51.1 Å². The van der Waals surface area contributed by atoms with Gasteiger partial charge in [-0.05, 0) is 49.2 Å². The molecule has 0 saturated heterocycles. The van der Waals surface area contributed by atoms with Gasteiger partial charge in [0.25, 0.3) is 11.7 Å². The van der Waals surface area contributed by atoms with Crippen molar-refractivity contribution in [1.29, 1.82) is 0 Å². The molecule has 1 heterocycles. The molecule has 0 bridgehead atoms. The molecule has 0 radical (unpaired) electrons. The van der Waals surface area contributed by atoms with Crippen LogP contribution in [0.2, 0.25) is 5.02 Å². The van der Waals surface area contributed by atoms with Gasteiger partial charge < -0.3 is 9.88 Å². The normalized spacial score (nSPS) is 10.6. The van der Waals surface area contributed by atoms with Crippen molar-refractivity contribution in [2.24, 2.45) is 0 Å². The highest BCUT2D eigenvalue weighted by atomic mass is 35.5. The van der Waals surface area contributed by atoms with Crippen LogP contribution in [-0.2, 0) is 11.3 Å². The van der Waals surface area contributed by atoms with E-state index in [1.54, 1.807) is 41.1 Å². The second-order valence-corrected chi connectivity index (χ2v) is 6.66. The van der Waals surface area contributed by atoms with Crippen molar-refractivity contribution in [2.45, 2.75) is 20.4 Å². The highest BCUT2D eigenvalue weighted by Gasteiger charge is 2.20. The molecule has 1 amide bonds. The van der Waals surface area contributed by atoms with Crippen molar-refractivity contribution in [3.05, 3.63) is 88.2 Å². The lowest BCUT2D eigenvalue weighted by Gasteiger charge is -2.10.